The van der Waals surface area contributed by atoms with Gasteiger partial charge in [-0.1, -0.05) is 46.4 Å². The Balaban J connectivity index is 1.88. The molecule has 16 heavy (non-hydrogen) atoms. The molecule has 0 radical (unpaired) electrons. The average Bonchev–Trinajstić information content (AvgIpc) is 2.64. The molecule has 2 unspecified atom stereocenters. The zero-order chi connectivity index (χ0) is 12.4. The van der Waals surface area contributed by atoms with Crippen LogP contribution in [0.4, 0.5) is 4.79 Å². The van der Waals surface area contributed by atoms with Crippen LogP contribution in [-0.4, -0.2) is 26.0 Å². The van der Waals surface area contributed by atoms with Crippen LogP contribution in [-0.2, 0) is 9.47 Å². The first-order valence-corrected chi connectivity index (χ1v) is 6.20. The van der Waals surface area contributed by atoms with E-state index in [2.05, 4.69) is 0 Å². The first-order chi connectivity index (χ1) is 7.02. The summed E-state index contributed by atoms with van der Waals surface area (Å²) in [6, 6.07) is 0. The van der Waals surface area contributed by atoms with Crippen LogP contribution in [0.5, 0.6) is 0 Å². The van der Waals surface area contributed by atoms with Gasteiger partial charge in [0.25, 0.3) is 0 Å². The molecule has 0 aromatic rings. The average molecular weight is 308 g/mol. The van der Waals surface area contributed by atoms with Crippen molar-refractivity contribution in [2.45, 2.75) is 46.6 Å². The minimum Gasteiger partial charge on any atom is -0.425 e. The van der Waals surface area contributed by atoms with Crippen molar-refractivity contribution in [2.75, 3.05) is 0 Å². The Morgan fingerprint density at radius 1 is 0.938 bits per heavy atom. The maximum Gasteiger partial charge on any atom is 0.509 e. The second-order valence-electron chi connectivity index (χ2n) is 4.68. The fourth-order valence-corrected chi connectivity index (χ4v) is 2.54. The fraction of sp³-hybridized carbons (Fsp3) is 0.889. The molecule has 92 valence electrons. The third-order valence-electron chi connectivity index (χ3n) is 3.03. The summed E-state index contributed by atoms with van der Waals surface area (Å²) in [5, 5.41) is 0. The zero-order valence-electron chi connectivity index (χ0n) is 8.65. The van der Waals surface area contributed by atoms with Crippen LogP contribution in [0.25, 0.3) is 0 Å². The highest BCUT2D eigenvalue weighted by Crippen LogP contribution is 2.61. The Hall–Kier alpha value is 0.430. The van der Waals surface area contributed by atoms with E-state index in [0.29, 0.717) is 12.8 Å². The van der Waals surface area contributed by atoms with E-state index in [0.717, 1.165) is 0 Å². The van der Waals surface area contributed by atoms with E-state index in [1.807, 2.05) is 0 Å². The van der Waals surface area contributed by atoms with Crippen molar-refractivity contribution in [3.8, 4) is 0 Å². The van der Waals surface area contributed by atoms with Gasteiger partial charge in [0, 0.05) is 12.8 Å². The molecule has 2 atom stereocenters. The van der Waals surface area contributed by atoms with Gasteiger partial charge >= 0.3 is 6.16 Å². The van der Waals surface area contributed by atoms with E-state index < -0.39 is 26.0 Å². The molecule has 2 fully saturated rings. The van der Waals surface area contributed by atoms with Gasteiger partial charge in [0.1, 0.15) is 11.2 Å². The van der Waals surface area contributed by atoms with Crippen LogP contribution >= 0.6 is 46.4 Å². The molecule has 0 bridgehead atoms. The Morgan fingerprint density at radius 2 is 1.19 bits per heavy atom. The van der Waals surface area contributed by atoms with Gasteiger partial charge in [-0.05, 0) is 13.8 Å². The number of carbonyl (C=O) groups is 1. The molecule has 0 N–H and O–H groups in total. The molecule has 2 aliphatic carbocycles. The summed E-state index contributed by atoms with van der Waals surface area (Å²) in [6.45, 7) is 3.27. The summed E-state index contributed by atoms with van der Waals surface area (Å²) in [6.07, 6.45) is -0.0970. The predicted molar refractivity (Wildman–Crippen MR) is 62.5 cm³/mol. The second-order valence-corrected chi connectivity index (χ2v) is 7.65. The van der Waals surface area contributed by atoms with Gasteiger partial charge in [-0.2, -0.15) is 0 Å². The molecule has 0 aromatic carbocycles. The molecule has 0 aliphatic heterocycles. The molecule has 0 amide bonds. The summed E-state index contributed by atoms with van der Waals surface area (Å²) in [5.41, 5.74) is -1.78. The van der Waals surface area contributed by atoms with Crippen LogP contribution < -0.4 is 0 Å². The van der Waals surface area contributed by atoms with E-state index in [-0.39, 0.29) is 0 Å². The lowest BCUT2D eigenvalue weighted by molar-refractivity contribution is -0.00970. The molecule has 0 aromatic heterocycles. The summed E-state index contributed by atoms with van der Waals surface area (Å²) in [5.74, 6) is 0. The van der Waals surface area contributed by atoms with Gasteiger partial charge in [-0.3, -0.25) is 0 Å². The number of rotatable bonds is 2. The maximum absolute atomic E-state index is 11.5. The normalized spacial score (nSPS) is 42.4. The highest BCUT2D eigenvalue weighted by molar-refractivity contribution is 6.52. The van der Waals surface area contributed by atoms with E-state index >= 15 is 0 Å². The van der Waals surface area contributed by atoms with Crippen LogP contribution in [0, 0.1) is 0 Å². The maximum atomic E-state index is 11.5. The Morgan fingerprint density at radius 3 is 1.38 bits per heavy atom. The van der Waals surface area contributed by atoms with Crippen molar-refractivity contribution in [3.63, 3.8) is 0 Å². The van der Waals surface area contributed by atoms with Crippen LogP contribution in [0.15, 0.2) is 0 Å². The highest BCUT2D eigenvalue weighted by Gasteiger charge is 2.70. The van der Waals surface area contributed by atoms with Crippen molar-refractivity contribution >= 4 is 52.6 Å². The molecule has 7 heteroatoms. The SMILES string of the molecule is CC1(OC(=O)OC2(C)CC2(Cl)Cl)CC1(Cl)Cl. The summed E-state index contributed by atoms with van der Waals surface area (Å²) in [7, 11) is 0. The quantitative estimate of drug-likeness (QED) is 0.575. The van der Waals surface area contributed by atoms with Gasteiger partial charge < -0.3 is 9.47 Å². The second kappa shape index (κ2) is 3.25. The summed E-state index contributed by atoms with van der Waals surface area (Å²) >= 11 is 23.3. The van der Waals surface area contributed by atoms with Gasteiger partial charge in [0.05, 0.1) is 0 Å². The lowest BCUT2D eigenvalue weighted by Crippen LogP contribution is -2.28. The molecule has 2 rings (SSSR count). The van der Waals surface area contributed by atoms with Crippen molar-refractivity contribution in [2.24, 2.45) is 0 Å². The minimum atomic E-state index is -1.03. The predicted octanol–water partition coefficient (Wildman–Crippen LogP) is 3.81. The topological polar surface area (TPSA) is 35.5 Å². The van der Waals surface area contributed by atoms with E-state index in [1.165, 1.54) is 0 Å². The van der Waals surface area contributed by atoms with Crippen molar-refractivity contribution in [1.82, 2.24) is 0 Å². The molecule has 3 nitrogen and oxygen atoms in total. The van der Waals surface area contributed by atoms with Crippen molar-refractivity contribution in [1.29, 1.82) is 0 Å². The smallest absolute Gasteiger partial charge is 0.425 e. The number of alkyl halides is 4. The van der Waals surface area contributed by atoms with Crippen LogP contribution in [0.1, 0.15) is 26.7 Å². The van der Waals surface area contributed by atoms with Crippen LogP contribution in [0.2, 0.25) is 0 Å². The zero-order valence-corrected chi connectivity index (χ0v) is 11.7. The molecular weight excluding hydrogens is 298 g/mol. The number of ether oxygens (including phenoxy) is 2. The number of carbonyl (C=O) groups excluding carboxylic acids is 1. The largest absolute Gasteiger partial charge is 0.509 e. The van der Waals surface area contributed by atoms with Crippen LogP contribution in [0.3, 0.4) is 0 Å². The van der Waals surface area contributed by atoms with E-state index in [9.17, 15) is 4.79 Å². The minimum absolute atomic E-state index is 0.377. The molecule has 0 heterocycles. The number of hydrogen-bond acceptors (Lipinski definition) is 3. The van der Waals surface area contributed by atoms with E-state index in [4.69, 9.17) is 55.9 Å². The molecule has 2 saturated carbocycles. The van der Waals surface area contributed by atoms with Crippen molar-refractivity contribution in [3.05, 3.63) is 0 Å². The first-order valence-electron chi connectivity index (χ1n) is 4.69. The third kappa shape index (κ3) is 1.96. The Labute approximate surface area is 113 Å². The summed E-state index contributed by atoms with van der Waals surface area (Å²) < 4.78 is 8.00. The van der Waals surface area contributed by atoms with Gasteiger partial charge in [0.15, 0.2) is 8.67 Å². The standard InChI is InChI=1S/C9H10Cl4O3/c1-6(3-8(6,10)11)15-5(14)16-7(2)4-9(7,12)13/h3-4H2,1-2H3. The monoisotopic (exact) mass is 306 g/mol. The summed E-state index contributed by atoms with van der Waals surface area (Å²) in [4.78, 5) is 11.5. The molecule has 2 aliphatic rings. The van der Waals surface area contributed by atoms with Gasteiger partial charge in [-0.15, -0.1) is 0 Å². The Bertz CT molecular complexity index is 325. The molecule has 0 saturated heterocycles. The van der Waals surface area contributed by atoms with Crippen molar-refractivity contribution < 1.29 is 14.3 Å². The number of hydrogen-bond donors (Lipinski definition) is 0. The Kier molecular flexibility index (Phi) is 2.62. The van der Waals surface area contributed by atoms with Gasteiger partial charge in [0.2, 0.25) is 0 Å². The van der Waals surface area contributed by atoms with Gasteiger partial charge in [-0.25, -0.2) is 4.79 Å². The van der Waals surface area contributed by atoms with E-state index in [1.54, 1.807) is 13.8 Å². The molecule has 0 spiro atoms. The first kappa shape index (κ1) is 12.9. The fourth-order valence-electron chi connectivity index (χ4n) is 1.37. The number of halogens is 4. The third-order valence-corrected chi connectivity index (χ3v) is 5.17. The lowest BCUT2D eigenvalue weighted by Gasteiger charge is -2.17. The lowest BCUT2D eigenvalue weighted by atomic mass is 10.4. The molecular formula is C9H10Cl4O3. The highest BCUT2D eigenvalue weighted by atomic mass is 35.5.